The van der Waals surface area contributed by atoms with Gasteiger partial charge in [-0.15, -0.1) is 0 Å². The first kappa shape index (κ1) is 20.4. The van der Waals surface area contributed by atoms with E-state index in [1.165, 1.54) is 0 Å². The minimum absolute atomic E-state index is 0.114. The lowest BCUT2D eigenvalue weighted by Gasteiger charge is -2.21. The molecule has 0 aliphatic heterocycles. The molecule has 0 atom stereocenters. The molecule has 29 heavy (non-hydrogen) atoms. The number of benzene rings is 2. The van der Waals surface area contributed by atoms with Crippen molar-refractivity contribution in [3.05, 3.63) is 76.9 Å². The molecule has 0 unspecified atom stereocenters. The van der Waals surface area contributed by atoms with Crippen LogP contribution in [0.5, 0.6) is 0 Å². The zero-order chi connectivity index (χ0) is 21.0. The molecular formula is C22H23N3O4. The van der Waals surface area contributed by atoms with Crippen molar-refractivity contribution in [3.63, 3.8) is 0 Å². The fourth-order valence-corrected chi connectivity index (χ4v) is 2.99. The quantitative estimate of drug-likeness (QED) is 0.344. The van der Waals surface area contributed by atoms with Crippen LogP contribution in [0, 0.1) is 0 Å². The van der Waals surface area contributed by atoms with Crippen LogP contribution in [0.1, 0.15) is 31.8 Å². The number of ketones is 2. The van der Waals surface area contributed by atoms with Gasteiger partial charge in [-0.3, -0.25) is 9.59 Å². The van der Waals surface area contributed by atoms with Crippen LogP contribution in [0.25, 0.3) is 0 Å². The summed E-state index contributed by atoms with van der Waals surface area (Å²) in [5.41, 5.74) is 7.93. The third-order valence-electron chi connectivity index (χ3n) is 4.54. The summed E-state index contributed by atoms with van der Waals surface area (Å²) in [6, 6.07) is 11.8. The average Bonchev–Trinajstić information content (AvgIpc) is 2.71. The third-order valence-corrected chi connectivity index (χ3v) is 4.54. The predicted octanol–water partition coefficient (Wildman–Crippen LogP) is 2.04. The first-order chi connectivity index (χ1) is 13.9. The number of esters is 1. The number of likely N-dealkylation sites (N-methyl/N-ethyl adjacent to an activating group) is 1. The lowest BCUT2D eigenvalue weighted by Crippen LogP contribution is -2.30. The summed E-state index contributed by atoms with van der Waals surface area (Å²) in [4.78, 5) is 39.5. The van der Waals surface area contributed by atoms with Gasteiger partial charge < -0.3 is 15.1 Å². The Hall–Kier alpha value is -3.29. The third kappa shape index (κ3) is 4.42. The van der Waals surface area contributed by atoms with Gasteiger partial charge >= 0.3 is 5.97 Å². The van der Waals surface area contributed by atoms with E-state index in [-0.39, 0.29) is 30.3 Å². The van der Waals surface area contributed by atoms with Crippen molar-refractivity contribution in [1.82, 2.24) is 10.3 Å². The predicted molar refractivity (Wildman–Crippen MR) is 110 cm³/mol. The zero-order valence-corrected chi connectivity index (χ0v) is 16.5. The number of anilines is 1. The van der Waals surface area contributed by atoms with Crippen LogP contribution < -0.4 is 10.9 Å². The normalized spacial score (nSPS) is 12.4. The van der Waals surface area contributed by atoms with Gasteiger partial charge in [0.25, 0.3) is 0 Å². The molecule has 0 radical (unpaired) electrons. The zero-order valence-electron chi connectivity index (χ0n) is 16.5. The molecule has 1 aliphatic carbocycles. The Morgan fingerprint density at radius 1 is 1.00 bits per heavy atom. The first-order valence-corrected chi connectivity index (χ1v) is 9.20. The first-order valence-electron chi connectivity index (χ1n) is 9.20. The van der Waals surface area contributed by atoms with Gasteiger partial charge in [0, 0.05) is 35.4 Å². The molecule has 7 heteroatoms. The number of rotatable bonds is 8. The lowest BCUT2D eigenvalue weighted by atomic mass is 9.83. The molecule has 0 amide bonds. The molecule has 150 valence electrons. The Balaban J connectivity index is 1.66. The Labute approximate surface area is 169 Å². The second-order valence-electron chi connectivity index (χ2n) is 6.95. The Kier molecular flexibility index (Phi) is 6.21. The maximum atomic E-state index is 12.9. The van der Waals surface area contributed by atoms with E-state index in [2.05, 4.69) is 17.4 Å². The van der Waals surface area contributed by atoms with Crippen molar-refractivity contribution in [1.29, 1.82) is 0 Å². The second-order valence-corrected chi connectivity index (χ2v) is 6.95. The van der Waals surface area contributed by atoms with Gasteiger partial charge in [0.05, 0.1) is 11.3 Å². The van der Waals surface area contributed by atoms with Crippen molar-refractivity contribution in [2.45, 2.75) is 0 Å². The van der Waals surface area contributed by atoms with Crippen molar-refractivity contribution >= 4 is 23.2 Å². The van der Waals surface area contributed by atoms with E-state index in [0.717, 1.165) is 0 Å². The number of hydrogen-bond acceptors (Lipinski definition) is 7. The van der Waals surface area contributed by atoms with Crippen LogP contribution in [0.4, 0.5) is 5.69 Å². The van der Waals surface area contributed by atoms with E-state index in [0.29, 0.717) is 34.5 Å². The maximum absolute atomic E-state index is 12.9. The van der Waals surface area contributed by atoms with Crippen molar-refractivity contribution in [3.8, 4) is 0 Å². The molecule has 0 saturated carbocycles. The van der Waals surface area contributed by atoms with Crippen LogP contribution in [-0.4, -0.2) is 56.2 Å². The highest BCUT2D eigenvalue weighted by Gasteiger charge is 2.31. The Morgan fingerprint density at radius 2 is 1.66 bits per heavy atom. The number of nitrogens with one attached hydrogen (secondary N) is 2. The van der Waals surface area contributed by atoms with E-state index in [4.69, 9.17) is 4.74 Å². The number of ether oxygens (including phenoxy) is 1. The molecule has 0 fully saturated rings. The standard InChI is InChI=1S/C22H23N3O4/c1-14(22(28)29-12-11-25(2)3)13-23-24-18-10-6-9-17-19(18)21(27)16-8-5-4-7-15(16)20(17)26/h4-10,23-24H,1,11-13H2,2-3H3. The van der Waals surface area contributed by atoms with Crippen molar-refractivity contribution < 1.29 is 19.1 Å². The van der Waals surface area contributed by atoms with Gasteiger partial charge in [0.1, 0.15) is 6.61 Å². The Bertz CT molecular complexity index is 982. The smallest absolute Gasteiger partial charge is 0.334 e. The molecule has 3 rings (SSSR count). The molecule has 2 aromatic rings. The molecule has 0 bridgehead atoms. The average molecular weight is 393 g/mol. The highest BCUT2D eigenvalue weighted by atomic mass is 16.5. The molecule has 0 spiro atoms. The molecule has 0 saturated heterocycles. The summed E-state index contributed by atoms with van der Waals surface area (Å²) in [5, 5.41) is 0. The van der Waals surface area contributed by atoms with E-state index in [1.807, 2.05) is 19.0 Å². The van der Waals surface area contributed by atoms with E-state index in [9.17, 15) is 14.4 Å². The largest absolute Gasteiger partial charge is 0.461 e. The maximum Gasteiger partial charge on any atom is 0.334 e. The van der Waals surface area contributed by atoms with Crippen LogP contribution in [-0.2, 0) is 9.53 Å². The molecule has 2 aromatic carbocycles. The Morgan fingerprint density at radius 3 is 2.34 bits per heavy atom. The molecule has 1 aliphatic rings. The van der Waals surface area contributed by atoms with Crippen LogP contribution in [0.3, 0.4) is 0 Å². The summed E-state index contributed by atoms with van der Waals surface area (Å²) >= 11 is 0. The molecule has 0 aromatic heterocycles. The van der Waals surface area contributed by atoms with Crippen molar-refractivity contribution in [2.24, 2.45) is 0 Å². The summed E-state index contributed by atoms with van der Waals surface area (Å²) in [6.07, 6.45) is 0. The van der Waals surface area contributed by atoms with E-state index < -0.39 is 5.97 Å². The van der Waals surface area contributed by atoms with Gasteiger partial charge in [-0.1, -0.05) is 43.0 Å². The monoisotopic (exact) mass is 393 g/mol. The highest BCUT2D eigenvalue weighted by molar-refractivity contribution is 6.30. The molecule has 7 nitrogen and oxygen atoms in total. The molecule has 2 N–H and O–H groups in total. The minimum Gasteiger partial charge on any atom is -0.461 e. The lowest BCUT2D eigenvalue weighted by molar-refractivity contribution is -0.139. The number of carbonyl (C=O) groups excluding carboxylic acids is 3. The van der Waals surface area contributed by atoms with Gasteiger partial charge in [-0.25, -0.2) is 10.2 Å². The summed E-state index contributed by atoms with van der Waals surface area (Å²) < 4.78 is 5.13. The van der Waals surface area contributed by atoms with Crippen LogP contribution >= 0.6 is 0 Å². The topological polar surface area (TPSA) is 87.7 Å². The number of fused-ring (bicyclic) bond motifs is 2. The van der Waals surface area contributed by atoms with Crippen molar-refractivity contribution in [2.75, 3.05) is 39.2 Å². The van der Waals surface area contributed by atoms with E-state index >= 15 is 0 Å². The van der Waals surface area contributed by atoms with Gasteiger partial charge in [-0.05, 0) is 20.2 Å². The van der Waals surface area contributed by atoms with E-state index in [1.54, 1.807) is 42.5 Å². The summed E-state index contributed by atoms with van der Waals surface area (Å²) in [5.74, 6) is -0.897. The minimum atomic E-state index is -0.489. The number of carbonyl (C=O) groups is 3. The summed E-state index contributed by atoms with van der Waals surface area (Å²) in [6.45, 7) is 4.73. The number of hydrogen-bond donors (Lipinski definition) is 2. The van der Waals surface area contributed by atoms with Gasteiger partial charge in [-0.2, -0.15) is 0 Å². The summed E-state index contributed by atoms with van der Waals surface area (Å²) in [7, 11) is 3.78. The van der Waals surface area contributed by atoms with Crippen LogP contribution in [0.15, 0.2) is 54.6 Å². The number of hydrazine groups is 1. The fourth-order valence-electron chi connectivity index (χ4n) is 2.99. The molecule has 0 heterocycles. The second kappa shape index (κ2) is 8.81. The van der Waals surface area contributed by atoms with Gasteiger partial charge in [0.15, 0.2) is 11.6 Å². The SMILES string of the molecule is C=C(CNNc1cccc2c1C(=O)c1ccccc1C2=O)C(=O)OCCN(C)C. The molecular weight excluding hydrogens is 370 g/mol. The number of nitrogens with zero attached hydrogens (tertiary/aromatic N) is 1. The van der Waals surface area contributed by atoms with Gasteiger partial charge in [0.2, 0.25) is 0 Å². The fraction of sp³-hybridized carbons (Fsp3) is 0.227. The van der Waals surface area contributed by atoms with Crippen LogP contribution in [0.2, 0.25) is 0 Å². The highest BCUT2D eigenvalue weighted by Crippen LogP contribution is 2.31.